The van der Waals surface area contributed by atoms with Crippen LogP contribution >= 0.6 is 0 Å². The zero-order chi connectivity index (χ0) is 15.6. The molecule has 0 bridgehead atoms. The van der Waals surface area contributed by atoms with Crippen LogP contribution in [-0.2, 0) is 10.0 Å². The summed E-state index contributed by atoms with van der Waals surface area (Å²) in [6.45, 7) is 1.02. The molecule has 1 fully saturated rings. The Morgan fingerprint density at radius 3 is 2.67 bits per heavy atom. The van der Waals surface area contributed by atoms with E-state index in [1.54, 1.807) is 0 Å². The van der Waals surface area contributed by atoms with E-state index in [9.17, 15) is 13.2 Å². The summed E-state index contributed by atoms with van der Waals surface area (Å²) in [6, 6.07) is 4.16. The van der Waals surface area contributed by atoms with Crippen LogP contribution in [0.3, 0.4) is 0 Å². The molecule has 8 heteroatoms. The maximum atomic E-state index is 11.2. The van der Waals surface area contributed by atoms with Gasteiger partial charge in [0.05, 0.1) is 4.90 Å². The largest absolute Gasteiger partial charge is 0.491 e. The number of carbonyl (C=O) groups is 1. The molecule has 3 N–H and O–H groups in total. The Labute approximate surface area is 123 Å². The Morgan fingerprint density at radius 1 is 1.48 bits per heavy atom. The van der Waals surface area contributed by atoms with Gasteiger partial charge >= 0.3 is 5.97 Å². The highest BCUT2D eigenvalue weighted by molar-refractivity contribution is 7.89. The Balaban J connectivity index is 2.09. The van der Waals surface area contributed by atoms with Crippen LogP contribution in [0.2, 0.25) is 0 Å². The Hall–Kier alpha value is -1.64. The van der Waals surface area contributed by atoms with Gasteiger partial charge in [0, 0.05) is 12.6 Å². The third-order valence-electron chi connectivity index (χ3n) is 3.38. The topological polar surface area (TPSA) is 110 Å². The van der Waals surface area contributed by atoms with Gasteiger partial charge in [-0.2, -0.15) is 0 Å². The molecule has 1 aromatic rings. The fourth-order valence-corrected chi connectivity index (χ4v) is 2.52. The summed E-state index contributed by atoms with van der Waals surface area (Å²) < 4.78 is 27.9. The first-order valence-electron chi connectivity index (χ1n) is 6.52. The van der Waals surface area contributed by atoms with Crippen molar-refractivity contribution < 1.29 is 23.1 Å². The van der Waals surface area contributed by atoms with Crippen LogP contribution < -0.4 is 9.88 Å². The quantitative estimate of drug-likeness (QED) is 0.758. The molecule has 1 aliphatic carbocycles. The average molecular weight is 314 g/mol. The molecule has 21 heavy (non-hydrogen) atoms. The van der Waals surface area contributed by atoms with Crippen molar-refractivity contribution in [2.75, 3.05) is 20.2 Å². The maximum Gasteiger partial charge on any atom is 0.339 e. The summed E-state index contributed by atoms with van der Waals surface area (Å²) in [7, 11) is -1.95. The van der Waals surface area contributed by atoms with Crippen LogP contribution in [-0.4, -0.2) is 50.6 Å². The van der Waals surface area contributed by atoms with Crippen molar-refractivity contribution in [2.45, 2.75) is 23.8 Å². The lowest BCUT2D eigenvalue weighted by Crippen LogP contribution is -2.26. The Morgan fingerprint density at radius 2 is 2.14 bits per heavy atom. The van der Waals surface area contributed by atoms with Crippen molar-refractivity contribution >= 4 is 16.0 Å². The molecule has 0 aliphatic heterocycles. The lowest BCUT2D eigenvalue weighted by atomic mass is 10.2. The van der Waals surface area contributed by atoms with Crippen LogP contribution in [0, 0.1) is 0 Å². The van der Waals surface area contributed by atoms with Crippen LogP contribution in [0.25, 0.3) is 0 Å². The highest BCUT2D eigenvalue weighted by atomic mass is 32.2. The molecule has 1 aliphatic rings. The number of likely N-dealkylation sites (N-methyl/N-ethyl adjacent to an activating group) is 1. The number of ether oxygens (including phenoxy) is 1. The number of nitrogens with zero attached hydrogens (tertiary/aromatic N) is 1. The molecular formula is C13H18N2O5S. The van der Waals surface area contributed by atoms with Gasteiger partial charge in [-0.05, 0) is 38.1 Å². The number of rotatable bonds is 7. The number of benzene rings is 1. The third-order valence-corrected chi connectivity index (χ3v) is 4.29. The standard InChI is InChI=1S/C13H18N2O5S/c1-15(9-2-3-9)6-7-20-12-5-4-10(21(14,18)19)8-11(12)13(16)17/h4-5,8-9H,2-3,6-7H2,1H3,(H,16,17)(H2,14,18,19). The second-order valence-electron chi connectivity index (χ2n) is 5.07. The minimum absolute atomic E-state index is 0.138. The summed E-state index contributed by atoms with van der Waals surface area (Å²) in [5.74, 6) is -1.12. The first-order chi connectivity index (χ1) is 9.79. The van der Waals surface area contributed by atoms with E-state index in [1.807, 2.05) is 7.05 Å². The lowest BCUT2D eigenvalue weighted by molar-refractivity contribution is 0.0691. The van der Waals surface area contributed by atoms with E-state index in [0.29, 0.717) is 19.2 Å². The van der Waals surface area contributed by atoms with E-state index in [4.69, 9.17) is 15.0 Å². The molecule has 0 aromatic heterocycles. The van der Waals surface area contributed by atoms with Gasteiger partial charge in [0.15, 0.2) is 0 Å². The van der Waals surface area contributed by atoms with E-state index in [1.165, 1.54) is 25.0 Å². The zero-order valence-electron chi connectivity index (χ0n) is 11.7. The number of nitrogens with two attached hydrogens (primary N) is 1. The number of aromatic carboxylic acids is 1. The summed E-state index contributed by atoms with van der Waals surface area (Å²) in [6.07, 6.45) is 2.36. The fourth-order valence-electron chi connectivity index (χ4n) is 1.98. The van der Waals surface area contributed by atoms with E-state index < -0.39 is 16.0 Å². The molecule has 0 amide bonds. The number of hydrogen-bond acceptors (Lipinski definition) is 5. The van der Waals surface area contributed by atoms with Crippen LogP contribution in [0.1, 0.15) is 23.2 Å². The predicted octanol–water partition coefficient (Wildman–Crippen LogP) is 0.505. The zero-order valence-corrected chi connectivity index (χ0v) is 12.5. The van der Waals surface area contributed by atoms with Gasteiger partial charge in [0.2, 0.25) is 10.0 Å². The van der Waals surface area contributed by atoms with Crippen molar-refractivity contribution in [2.24, 2.45) is 5.14 Å². The van der Waals surface area contributed by atoms with Crippen LogP contribution in [0.5, 0.6) is 5.75 Å². The van der Waals surface area contributed by atoms with Crippen LogP contribution in [0.4, 0.5) is 0 Å². The SMILES string of the molecule is CN(CCOc1ccc(S(N)(=O)=O)cc1C(=O)O)C1CC1. The van der Waals surface area contributed by atoms with Gasteiger partial charge in [0.1, 0.15) is 17.9 Å². The number of sulfonamides is 1. The molecule has 0 atom stereocenters. The minimum Gasteiger partial charge on any atom is -0.491 e. The number of carboxylic acids is 1. The molecule has 1 aromatic carbocycles. The molecule has 0 heterocycles. The van der Waals surface area contributed by atoms with Gasteiger partial charge in [0.25, 0.3) is 0 Å². The molecule has 0 unspecified atom stereocenters. The maximum absolute atomic E-state index is 11.2. The van der Waals surface area contributed by atoms with Crippen LogP contribution in [0.15, 0.2) is 23.1 Å². The molecule has 0 spiro atoms. The highest BCUT2D eigenvalue weighted by Crippen LogP contribution is 2.25. The second-order valence-corrected chi connectivity index (χ2v) is 6.63. The third kappa shape index (κ3) is 4.16. The van der Waals surface area contributed by atoms with E-state index in [0.717, 1.165) is 6.07 Å². The summed E-state index contributed by atoms with van der Waals surface area (Å²) >= 11 is 0. The second kappa shape index (κ2) is 6.00. The van der Waals surface area contributed by atoms with Crippen molar-refractivity contribution in [1.29, 1.82) is 0 Å². The monoisotopic (exact) mass is 314 g/mol. The molecule has 116 valence electrons. The predicted molar refractivity (Wildman–Crippen MR) is 75.9 cm³/mol. The Kier molecular flexibility index (Phi) is 4.50. The first-order valence-corrected chi connectivity index (χ1v) is 8.07. The summed E-state index contributed by atoms with van der Waals surface area (Å²) in [4.78, 5) is 13.1. The van der Waals surface area contributed by atoms with Crippen molar-refractivity contribution in [3.63, 3.8) is 0 Å². The molecule has 7 nitrogen and oxygen atoms in total. The molecular weight excluding hydrogens is 296 g/mol. The molecule has 1 saturated carbocycles. The van der Waals surface area contributed by atoms with Crippen molar-refractivity contribution in [3.8, 4) is 5.75 Å². The number of hydrogen-bond donors (Lipinski definition) is 2. The van der Waals surface area contributed by atoms with Gasteiger partial charge in [-0.3, -0.25) is 0 Å². The Bertz CT molecular complexity index is 640. The van der Waals surface area contributed by atoms with Gasteiger partial charge < -0.3 is 14.7 Å². The fraction of sp³-hybridized carbons (Fsp3) is 0.462. The lowest BCUT2D eigenvalue weighted by Gasteiger charge is -2.16. The first kappa shape index (κ1) is 15.7. The smallest absolute Gasteiger partial charge is 0.339 e. The number of carboxylic acid groups (broad SMARTS) is 1. The van der Waals surface area contributed by atoms with E-state index >= 15 is 0 Å². The van der Waals surface area contributed by atoms with E-state index in [2.05, 4.69) is 4.90 Å². The molecule has 0 saturated heterocycles. The summed E-state index contributed by atoms with van der Waals surface area (Å²) in [5, 5.41) is 14.1. The molecule has 0 radical (unpaired) electrons. The number of primary sulfonamides is 1. The summed E-state index contributed by atoms with van der Waals surface area (Å²) in [5.41, 5.74) is -0.212. The van der Waals surface area contributed by atoms with E-state index in [-0.39, 0.29) is 16.2 Å². The highest BCUT2D eigenvalue weighted by Gasteiger charge is 2.25. The van der Waals surface area contributed by atoms with Gasteiger partial charge in [-0.25, -0.2) is 18.4 Å². The van der Waals surface area contributed by atoms with Gasteiger partial charge in [-0.15, -0.1) is 0 Å². The normalized spacial score (nSPS) is 15.2. The van der Waals surface area contributed by atoms with Crippen molar-refractivity contribution in [3.05, 3.63) is 23.8 Å². The van der Waals surface area contributed by atoms with Crippen molar-refractivity contribution in [1.82, 2.24) is 4.90 Å². The molecule has 2 rings (SSSR count). The minimum atomic E-state index is -3.94. The average Bonchev–Trinajstić information content (AvgIpc) is 3.21. The van der Waals surface area contributed by atoms with Gasteiger partial charge in [-0.1, -0.05) is 0 Å².